The summed E-state index contributed by atoms with van der Waals surface area (Å²) in [5.41, 5.74) is 19.7. The highest BCUT2D eigenvalue weighted by molar-refractivity contribution is 5.86. The number of aromatic nitrogens is 3. The van der Waals surface area contributed by atoms with E-state index >= 15 is 0 Å². The van der Waals surface area contributed by atoms with Crippen molar-refractivity contribution in [2.75, 3.05) is 4.90 Å². The van der Waals surface area contributed by atoms with Crippen LogP contribution in [0.1, 0.15) is 19.4 Å². The third-order valence-electron chi connectivity index (χ3n) is 13.2. The molecule has 11 rings (SSSR count). The summed E-state index contributed by atoms with van der Waals surface area (Å²) < 4.78 is 0. The Morgan fingerprint density at radius 3 is 1.12 bits per heavy atom. The second kappa shape index (κ2) is 21.2. The second-order valence-corrected chi connectivity index (χ2v) is 18.0. The monoisotopic (exact) mass is 936 g/mol. The molecule has 348 valence electrons. The van der Waals surface area contributed by atoms with Gasteiger partial charge in [-0.2, -0.15) is 0 Å². The molecule has 0 amide bonds. The predicted molar refractivity (Wildman–Crippen MR) is 306 cm³/mol. The Morgan fingerprint density at radius 2 is 0.630 bits per heavy atom. The van der Waals surface area contributed by atoms with Crippen LogP contribution in [0.4, 0.5) is 17.1 Å². The SMILES string of the molecule is CC=CC(=CC)c1cc(-c2ccccc2)cc(-c2cccc(-c3nc(-c4ccccc4)nc(-c4ccc(-c5ccc(N(c6cccc(-c7ccccc7)c6)c6cccc(-c7ccccc7)c6)cc5)cc4)n3)c2)c1. The first-order chi connectivity index (χ1) is 36.1. The summed E-state index contributed by atoms with van der Waals surface area (Å²) in [5.74, 6) is 1.84. The Morgan fingerprint density at radius 1 is 0.288 bits per heavy atom. The molecule has 0 saturated heterocycles. The molecule has 0 aliphatic carbocycles. The second-order valence-electron chi connectivity index (χ2n) is 18.0. The van der Waals surface area contributed by atoms with Crippen molar-refractivity contribution in [3.63, 3.8) is 0 Å². The summed E-state index contributed by atoms with van der Waals surface area (Å²) >= 11 is 0. The van der Waals surface area contributed by atoms with E-state index in [1.54, 1.807) is 0 Å². The Kier molecular flexibility index (Phi) is 13.4. The molecule has 4 heteroatoms. The number of benzene rings is 10. The van der Waals surface area contributed by atoms with E-state index in [9.17, 15) is 0 Å². The van der Waals surface area contributed by atoms with E-state index < -0.39 is 0 Å². The number of allylic oxidation sites excluding steroid dienone is 4. The minimum atomic E-state index is 0.611. The van der Waals surface area contributed by atoms with Crippen molar-refractivity contribution < 1.29 is 0 Å². The van der Waals surface area contributed by atoms with Crippen molar-refractivity contribution in [2.24, 2.45) is 0 Å². The highest BCUT2D eigenvalue weighted by Crippen LogP contribution is 2.40. The summed E-state index contributed by atoms with van der Waals surface area (Å²) in [6.45, 7) is 4.15. The summed E-state index contributed by atoms with van der Waals surface area (Å²) in [4.78, 5) is 17.7. The van der Waals surface area contributed by atoms with Gasteiger partial charge in [-0.3, -0.25) is 0 Å². The zero-order chi connectivity index (χ0) is 49.3. The molecule has 0 aliphatic rings. The smallest absolute Gasteiger partial charge is 0.164 e. The molecule has 0 aliphatic heterocycles. The quantitative estimate of drug-likeness (QED) is 0.108. The highest BCUT2D eigenvalue weighted by Gasteiger charge is 2.17. The third kappa shape index (κ3) is 10.2. The van der Waals surface area contributed by atoms with Crippen LogP contribution < -0.4 is 4.90 Å². The Bertz CT molecular complexity index is 3630. The first-order valence-electron chi connectivity index (χ1n) is 24.8. The Hall–Kier alpha value is -9.51. The van der Waals surface area contributed by atoms with Gasteiger partial charge in [-0.1, -0.05) is 218 Å². The van der Waals surface area contributed by atoms with Gasteiger partial charge in [0.15, 0.2) is 17.5 Å². The number of anilines is 3. The van der Waals surface area contributed by atoms with Gasteiger partial charge in [0, 0.05) is 33.8 Å². The molecule has 0 N–H and O–H groups in total. The van der Waals surface area contributed by atoms with E-state index in [-0.39, 0.29) is 0 Å². The summed E-state index contributed by atoms with van der Waals surface area (Å²) in [6.07, 6.45) is 6.42. The maximum absolute atomic E-state index is 5.18. The first-order valence-corrected chi connectivity index (χ1v) is 24.8. The number of hydrogen-bond acceptors (Lipinski definition) is 4. The van der Waals surface area contributed by atoms with Gasteiger partial charge < -0.3 is 4.90 Å². The van der Waals surface area contributed by atoms with Gasteiger partial charge in [0.1, 0.15) is 0 Å². The van der Waals surface area contributed by atoms with Crippen LogP contribution >= 0.6 is 0 Å². The number of hydrogen-bond donors (Lipinski definition) is 0. The van der Waals surface area contributed by atoms with Gasteiger partial charge in [0.25, 0.3) is 0 Å². The molecule has 10 aromatic carbocycles. The van der Waals surface area contributed by atoms with Crippen LogP contribution in [0.3, 0.4) is 0 Å². The van der Waals surface area contributed by atoms with Gasteiger partial charge >= 0.3 is 0 Å². The highest BCUT2D eigenvalue weighted by atomic mass is 15.1. The van der Waals surface area contributed by atoms with E-state index in [1.807, 2.05) is 30.3 Å². The third-order valence-corrected chi connectivity index (χ3v) is 13.2. The van der Waals surface area contributed by atoms with Crippen molar-refractivity contribution in [1.29, 1.82) is 0 Å². The van der Waals surface area contributed by atoms with Crippen LogP contribution in [0, 0.1) is 0 Å². The normalized spacial score (nSPS) is 11.5. The van der Waals surface area contributed by atoms with E-state index in [0.29, 0.717) is 17.5 Å². The molecule has 11 aromatic rings. The zero-order valence-corrected chi connectivity index (χ0v) is 40.8. The van der Waals surface area contributed by atoms with Crippen molar-refractivity contribution in [2.45, 2.75) is 13.8 Å². The van der Waals surface area contributed by atoms with Crippen LogP contribution in [0.2, 0.25) is 0 Å². The maximum Gasteiger partial charge on any atom is 0.164 e. The maximum atomic E-state index is 5.18. The fraction of sp³-hybridized carbons (Fsp3) is 0.0290. The minimum Gasteiger partial charge on any atom is -0.310 e. The molecule has 0 spiro atoms. The van der Waals surface area contributed by atoms with Crippen molar-refractivity contribution in [3.05, 3.63) is 285 Å². The molecule has 73 heavy (non-hydrogen) atoms. The average Bonchev–Trinajstić information content (AvgIpc) is 3.47. The van der Waals surface area contributed by atoms with Gasteiger partial charge in [-0.05, 0) is 141 Å². The molecule has 0 bridgehead atoms. The van der Waals surface area contributed by atoms with Crippen molar-refractivity contribution in [3.8, 4) is 89.8 Å². The van der Waals surface area contributed by atoms with Crippen LogP contribution in [0.5, 0.6) is 0 Å². The number of nitrogens with zero attached hydrogens (tertiary/aromatic N) is 4. The lowest BCUT2D eigenvalue weighted by Crippen LogP contribution is -2.10. The van der Waals surface area contributed by atoms with Gasteiger partial charge in [-0.25, -0.2) is 15.0 Å². The number of rotatable bonds is 13. The Labute approximate surface area is 428 Å². The summed E-state index contributed by atoms with van der Waals surface area (Å²) in [6, 6.07) is 92.2. The van der Waals surface area contributed by atoms with Crippen molar-refractivity contribution in [1.82, 2.24) is 15.0 Å². The lowest BCUT2D eigenvalue weighted by molar-refractivity contribution is 1.07. The molecule has 0 fully saturated rings. The van der Waals surface area contributed by atoms with Gasteiger partial charge in [-0.15, -0.1) is 0 Å². The standard InChI is InChI=1S/C69H52N4/c1-3-20-49(4-2)61-44-62(52-25-13-7-14-26-52)46-63(45-61)57-29-17-32-60(43-57)69-71-67(55-27-15-8-16-28-55)70-68(72-69)56-37-35-53(36-38-56)54-39-41-64(42-40-54)73(65-33-18-30-58(47-65)50-21-9-5-10-22-50)66-34-19-31-59(48-66)51-23-11-6-12-24-51/h3-48H,1-2H3. The minimum absolute atomic E-state index is 0.611. The molecular formula is C69H52N4. The Balaban J connectivity index is 0.931. The molecule has 1 aromatic heterocycles. The van der Waals surface area contributed by atoms with E-state index in [2.05, 4.69) is 267 Å². The van der Waals surface area contributed by atoms with E-state index in [1.165, 1.54) is 22.3 Å². The topological polar surface area (TPSA) is 41.9 Å². The summed E-state index contributed by atoms with van der Waals surface area (Å²) in [5, 5.41) is 0. The lowest BCUT2D eigenvalue weighted by Gasteiger charge is -2.27. The largest absolute Gasteiger partial charge is 0.310 e. The van der Waals surface area contributed by atoms with Gasteiger partial charge in [0.05, 0.1) is 0 Å². The lowest BCUT2D eigenvalue weighted by atomic mass is 9.92. The molecular weight excluding hydrogens is 885 g/mol. The fourth-order valence-electron chi connectivity index (χ4n) is 9.46. The van der Waals surface area contributed by atoms with E-state index in [0.717, 1.165) is 78.3 Å². The molecule has 0 saturated carbocycles. The van der Waals surface area contributed by atoms with Gasteiger partial charge in [0.2, 0.25) is 0 Å². The first kappa shape index (κ1) is 45.9. The average molecular weight is 937 g/mol. The fourth-order valence-corrected chi connectivity index (χ4v) is 9.46. The van der Waals surface area contributed by atoms with Crippen LogP contribution in [-0.4, -0.2) is 15.0 Å². The van der Waals surface area contributed by atoms with Crippen molar-refractivity contribution >= 4 is 22.6 Å². The van der Waals surface area contributed by atoms with Crippen LogP contribution in [0.15, 0.2) is 279 Å². The summed E-state index contributed by atoms with van der Waals surface area (Å²) in [7, 11) is 0. The molecule has 0 atom stereocenters. The molecule has 1 heterocycles. The van der Waals surface area contributed by atoms with Crippen LogP contribution in [-0.2, 0) is 0 Å². The molecule has 4 nitrogen and oxygen atoms in total. The molecule has 0 radical (unpaired) electrons. The zero-order valence-electron chi connectivity index (χ0n) is 40.8. The predicted octanol–water partition coefficient (Wildman–Crippen LogP) is 18.7. The van der Waals surface area contributed by atoms with Crippen LogP contribution in [0.25, 0.3) is 95.4 Å². The van der Waals surface area contributed by atoms with E-state index in [4.69, 9.17) is 15.0 Å². The molecule has 0 unspecified atom stereocenters.